The fraction of sp³-hybridized carbons (Fsp3) is 0.357. The number of carbonyl (C=O) groups excluding carboxylic acids is 1. The van der Waals surface area contributed by atoms with Crippen LogP contribution in [-0.2, 0) is 11.2 Å². The number of carboxylic acids is 1. The number of hydrogen-bond donors (Lipinski definition) is 3. The Morgan fingerprint density at radius 2 is 1.75 bits per heavy atom. The zero-order chi connectivity index (χ0) is 25.3. The molecule has 188 valence electrons. The third-order valence-corrected chi connectivity index (χ3v) is 6.52. The van der Waals surface area contributed by atoms with Gasteiger partial charge in [-0.3, -0.25) is 9.59 Å². The minimum absolute atomic E-state index is 0.219. The van der Waals surface area contributed by atoms with Gasteiger partial charge in [-0.25, -0.2) is 4.98 Å². The second-order valence-corrected chi connectivity index (χ2v) is 9.34. The minimum atomic E-state index is -1.08. The second kappa shape index (κ2) is 12.2. The van der Waals surface area contributed by atoms with Gasteiger partial charge in [0.15, 0.2) is 0 Å². The number of hydrogen-bond acceptors (Lipinski definition) is 6. The van der Waals surface area contributed by atoms with Crippen LogP contribution in [0.25, 0.3) is 0 Å². The predicted octanol–water partition coefficient (Wildman–Crippen LogP) is 4.96. The predicted molar refractivity (Wildman–Crippen MR) is 141 cm³/mol. The summed E-state index contributed by atoms with van der Waals surface area (Å²) in [5, 5.41) is 15.8. The first-order chi connectivity index (χ1) is 17.5. The van der Waals surface area contributed by atoms with E-state index < -0.39 is 18.4 Å². The van der Waals surface area contributed by atoms with Crippen LogP contribution in [0.4, 0.5) is 17.5 Å². The fourth-order valence-corrected chi connectivity index (χ4v) is 4.57. The highest BCUT2D eigenvalue weighted by Gasteiger charge is 2.21. The number of carbonyl (C=O) groups is 2. The summed E-state index contributed by atoms with van der Waals surface area (Å²) < 4.78 is 0. The molecular weight excluding hydrogens is 454 g/mol. The second-order valence-electron chi connectivity index (χ2n) is 9.34. The third kappa shape index (κ3) is 6.81. The van der Waals surface area contributed by atoms with Gasteiger partial charge in [-0.2, -0.15) is 4.98 Å². The van der Waals surface area contributed by atoms with Crippen LogP contribution in [0.2, 0.25) is 0 Å². The zero-order valence-electron chi connectivity index (χ0n) is 20.6. The normalized spacial score (nSPS) is 13.7. The molecule has 4 rings (SSSR count). The van der Waals surface area contributed by atoms with Gasteiger partial charge in [0, 0.05) is 25.5 Å². The summed E-state index contributed by atoms with van der Waals surface area (Å²) >= 11 is 0. The molecule has 1 aliphatic rings. The van der Waals surface area contributed by atoms with Crippen LogP contribution in [0.1, 0.15) is 53.6 Å². The molecule has 1 fully saturated rings. The number of aliphatic carboxylic acids is 1. The molecule has 3 N–H and O–H groups in total. The molecular formula is C28H33N5O3. The Morgan fingerprint density at radius 1 is 1.03 bits per heavy atom. The van der Waals surface area contributed by atoms with Gasteiger partial charge in [-0.05, 0) is 42.4 Å². The number of rotatable bonds is 10. The van der Waals surface area contributed by atoms with Gasteiger partial charge in [-0.1, -0.05) is 67.8 Å². The number of carboxylic acid groups (broad SMARTS) is 1. The Morgan fingerprint density at radius 3 is 2.50 bits per heavy atom. The summed E-state index contributed by atoms with van der Waals surface area (Å²) in [4.78, 5) is 34.5. The van der Waals surface area contributed by atoms with Crippen LogP contribution in [0.3, 0.4) is 0 Å². The van der Waals surface area contributed by atoms with Crippen molar-refractivity contribution in [1.29, 1.82) is 0 Å². The number of likely N-dealkylation sites (N-methyl/N-ethyl adjacent to an activating group) is 1. The first-order valence-corrected chi connectivity index (χ1v) is 12.5. The number of aromatic nitrogens is 2. The van der Waals surface area contributed by atoms with E-state index in [4.69, 9.17) is 5.11 Å². The highest BCUT2D eigenvalue weighted by Crippen LogP contribution is 2.27. The molecule has 0 spiro atoms. The molecule has 36 heavy (non-hydrogen) atoms. The van der Waals surface area contributed by atoms with E-state index in [1.54, 1.807) is 0 Å². The van der Waals surface area contributed by atoms with E-state index in [1.165, 1.54) is 50.9 Å². The Hall–Kier alpha value is -3.94. The molecule has 3 aromatic rings. The maximum atomic E-state index is 13.1. The molecule has 8 heteroatoms. The van der Waals surface area contributed by atoms with Crippen molar-refractivity contribution in [1.82, 2.24) is 14.9 Å². The number of anilines is 3. The number of nitrogens with one attached hydrogen (secondary N) is 2. The lowest BCUT2D eigenvalue weighted by Gasteiger charge is -2.22. The van der Waals surface area contributed by atoms with Crippen molar-refractivity contribution < 1.29 is 14.7 Å². The van der Waals surface area contributed by atoms with Crippen molar-refractivity contribution in [2.24, 2.45) is 5.92 Å². The van der Waals surface area contributed by atoms with Crippen LogP contribution in [0, 0.1) is 5.92 Å². The maximum absolute atomic E-state index is 13.1. The topological polar surface area (TPSA) is 107 Å². The lowest BCUT2D eigenvalue weighted by atomic mass is 9.89. The quantitative estimate of drug-likeness (QED) is 0.371. The highest BCUT2D eigenvalue weighted by molar-refractivity contribution is 6.00. The summed E-state index contributed by atoms with van der Waals surface area (Å²) in [6.07, 6.45) is 8.37. The van der Waals surface area contributed by atoms with E-state index in [-0.39, 0.29) is 5.56 Å². The Labute approximate surface area is 211 Å². The highest BCUT2D eigenvalue weighted by atomic mass is 16.4. The van der Waals surface area contributed by atoms with Crippen molar-refractivity contribution in [2.75, 3.05) is 30.8 Å². The molecule has 0 aliphatic heterocycles. The molecule has 2 aromatic carbocycles. The molecule has 8 nitrogen and oxygen atoms in total. The number of para-hydroxylation sites is 1. The van der Waals surface area contributed by atoms with E-state index in [9.17, 15) is 9.59 Å². The Bertz CT molecular complexity index is 1180. The summed E-state index contributed by atoms with van der Waals surface area (Å²) in [6, 6.07) is 18.1. The summed E-state index contributed by atoms with van der Waals surface area (Å²) in [7, 11) is 1.46. The van der Waals surface area contributed by atoms with Crippen molar-refractivity contribution in [3.8, 4) is 0 Å². The number of benzene rings is 2. The van der Waals surface area contributed by atoms with Crippen molar-refractivity contribution in [3.05, 3.63) is 77.5 Å². The zero-order valence-corrected chi connectivity index (χ0v) is 20.6. The van der Waals surface area contributed by atoms with Crippen molar-refractivity contribution in [3.63, 3.8) is 0 Å². The van der Waals surface area contributed by atoms with E-state index >= 15 is 0 Å². The number of nitrogens with zero attached hydrogens (tertiary/aromatic N) is 3. The molecule has 0 saturated heterocycles. The van der Waals surface area contributed by atoms with Crippen LogP contribution in [0.15, 0.2) is 60.8 Å². The molecule has 0 atom stereocenters. The molecule has 0 unspecified atom stereocenters. The summed E-state index contributed by atoms with van der Waals surface area (Å²) in [6.45, 7) is 0.376. The molecule has 1 amide bonds. The van der Waals surface area contributed by atoms with E-state index in [2.05, 4.69) is 32.7 Å². The van der Waals surface area contributed by atoms with Gasteiger partial charge in [0.25, 0.3) is 5.91 Å². The standard InChI is InChI=1S/C28H33N5O3/c1-33(19-25(34)35)27(36)23-18-30-28(29-17-21-12-6-3-7-13-21)32-26(23)31-24-15-9-8-14-22(24)16-20-10-4-2-5-11-20/h2,4-5,8-11,14-15,18,21H,3,6-7,12-13,16-17,19H2,1H3,(H,34,35)(H2,29,30,31,32). The molecule has 1 aromatic heterocycles. The Kier molecular flexibility index (Phi) is 8.49. The monoisotopic (exact) mass is 487 g/mol. The third-order valence-electron chi connectivity index (χ3n) is 6.52. The van der Waals surface area contributed by atoms with E-state index in [0.717, 1.165) is 22.7 Å². The molecule has 1 aliphatic carbocycles. The first kappa shape index (κ1) is 25.2. The van der Waals surface area contributed by atoms with Gasteiger partial charge in [0.1, 0.15) is 17.9 Å². The van der Waals surface area contributed by atoms with Crippen LogP contribution in [-0.4, -0.2) is 52.0 Å². The SMILES string of the molecule is CN(CC(=O)O)C(=O)c1cnc(NCC2CCCCC2)nc1Nc1ccccc1Cc1ccccc1. The number of amides is 1. The largest absolute Gasteiger partial charge is 0.480 e. The lowest BCUT2D eigenvalue weighted by molar-refractivity contribution is -0.137. The van der Waals surface area contributed by atoms with Crippen molar-refractivity contribution in [2.45, 2.75) is 38.5 Å². The van der Waals surface area contributed by atoms with Crippen LogP contribution in [0.5, 0.6) is 0 Å². The Balaban J connectivity index is 1.61. The summed E-state index contributed by atoms with van der Waals surface area (Å²) in [5.41, 5.74) is 3.27. The maximum Gasteiger partial charge on any atom is 0.323 e. The van der Waals surface area contributed by atoms with Crippen LogP contribution < -0.4 is 10.6 Å². The molecule has 1 heterocycles. The van der Waals surface area contributed by atoms with E-state index in [1.807, 2.05) is 42.5 Å². The molecule has 0 bridgehead atoms. The summed E-state index contributed by atoms with van der Waals surface area (Å²) in [5.74, 6) is -0.159. The van der Waals surface area contributed by atoms with Gasteiger partial charge in [0.05, 0.1) is 0 Å². The van der Waals surface area contributed by atoms with Gasteiger partial charge < -0.3 is 20.6 Å². The average molecular weight is 488 g/mol. The van der Waals surface area contributed by atoms with Gasteiger partial charge in [0.2, 0.25) is 5.95 Å². The minimum Gasteiger partial charge on any atom is -0.480 e. The average Bonchev–Trinajstić information content (AvgIpc) is 2.89. The van der Waals surface area contributed by atoms with Crippen LogP contribution >= 0.6 is 0 Å². The smallest absolute Gasteiger partial charge is 0.323 e. The first-order valence-electron chi connectivity index (χ1n) is 12.5. The van der Waals surface area contributed by atoms with Gasteiger partial charge >= 0.3 is 5.97 Å². The van der Waals surface area contributed by atoms with Crippen molar-refractivity contribution >= 4 is 29.3 Å². The fourth-order valence-electron chi connectivity index (χ4n) is 4.57. The lowest BCUT2D eigenvalue weighted by Crippen LogP contribution is -2.32. The molecule has 0 radical (unpaired) electrons. The van der Waals surface area contributed by atoms with Gasteiger partial charge in [-0.15, -0.1) is 0 Å². The molecule has 1 saturated carbocycles. The van der Waals surface area contributed by atoms with E-state index in [0.29, 0.717) is 24.1 Å².